The lowest BCUT2D eigenvalue weighted by Gasteiger charge is -2.29. The molecule has 7 nitrogen and oxygen atoms in total. The molecule has 1 aromatic rings. The predicted octanol–water partition coefficient (Wildman–Crippen LogP) is 1.46. The Hall–Kier alpha value is -1.86. The van der Waals surface area contributed by atoms with Crippen LogP contribution in [-0.2, 0) is 20.7 Å². The van der Waals surface area contributed by atoms with Gasteiger partial charge in [-0.15, -0.1) is 0 Å². The fraction of sp³-hybridized carbons (Fsp3) is 0.684. The van der Waals surface area contributed by atoms with Crippen molar-refractivity contribution in [3.63, 3.8) is 0 Å². The van der Waals surface area contributed by atoms with Crippen LogP contribution in [0.4, 0.5) is 11.5 Å². The Kier molecular flexibility index (Phi) is 7.08. The number of carbonyl (C=O) groups is 1. The van der Waals surface area contributed by atoms with Crippen LogP contribution in [-0.4, -0.2) is 68.4 Å². The molecule has 0 amide bonds. The molecular formula is C19H30N4O3. The van der Waals surface area contributed by atoms with Gasteiger partial charge >= 0.3 is 5.97 Å². The third kappa shape index (κ3) is 5.85. The molecule has 0 saturated carbocycles. The number of aryl methyl sites for hydroxylation is 1. The summed E-state index contributed by atoms with van der Waals surface area (Å²) in [4.78, 5) is 20.8. The van der Waals surface area contributed by atoms with Crippen LogP contribution >= 0.6 is 0 Å². The Morgan fingerprint density at radius 2 is 1.92 bits per heavy atom. The van der Waals surface area contributed by atoms with E-state index in [4.69, 9.17) is 15.2 Å². The Morgan fingerprint density at radius 3 is 2.69 bits per heavy atom. The average molecular weight is 362 g/mol. The highest BCUT2D eigenvalue weighted by molar-refractivity contribution is 5.71. The van der Waals surface area contributed by atoms with Crippen LogP contribution in [0.15, 0.2) is 12.1 Å². The van der Waals surface area contributed by atoms with Gasteiger partial charge in [0.25, 0.3) is 0 Å². The molecule has 0 aromatic carbocycles. The SMILES string of the molecule is Nc1cc(N2CCOCC2)cc(CCCOC(=O)CN2CCCCC2)n1. The molecule has 2 saturated heterocycles. The van der Waals surface area contributed by atoms with Crippen molar-refractivity contribution in [2.75, 3.05) is 63.2 Å². The summed E-state index contributed by atoms with van der Waals surface area (Å²) in [6, 6.07) is 3.99. The molecule has 0 radical (unpaired) electrons. The first-order valence-electron chi connectivity index (χ1n) is 9.68. The highest BCUT2D eigenvalue weighted by Crippen LogP contribution is 2.20. The van der Waals surface area contributed by atoms with Crippen molar-refractivity contribution in [1.82, 2.24) is 9.88 Å². The fourth-order valence-electron chi connectivity index (χ4n) is 3.51. The van der Waals surface area contributed by atoms with E-state index in [2.05, 4.69) is 20.9 Å². The van der Waals surface area contributed by atoms with Crippen LogP contribution in [0, 0.1) is 0 Å². The zero-order valence-electron chi connectivity index (χ0n) is 15.5. The highest BCUT2D eigenvalue weighted by atomic mass is 16.5. The molecule has 144 valence electrons. The number of rotatable bonds is 7. The van der Waals surface area contributed by atoms with Crippen molar-refractivity contribution in [2.24, 2.45) is 0 Å². The van der Waals surface area contributed by atoms with E-state index in [-0.39, 0.29) is 5.97 Å². The average Bonchev–Trinajstić information content (AvgIpc) is 2.66. The van der Waals surface area contributed by atoms with Gasteiger partial charge < -0.3 is 20.1 Å². The van der Waals surface area contributed by atoms with E-state index in [0.29, 0.717) is 19.0 Å². The maximum absolute atomic E-state index is 11.9. The lowest BCUT2D eigenvalue weighted by Crippen LogP contribution is -2.36. The molecule has 2 aliphatic heterocycles. The molecule has 26 heavy (non-hydrogen) atoms. The van der Waals surface area contributed by atoms with Crippen LogP contribution in [0.2, 0.25) is 0 Å². The fourth-order valence-corrected chi connectivity index (χ4v) is 3.51. The first kappa shape index (κ1) is 18.9. The summed E-state index contributed by atoms with van der Waals surface area (Å²) >= 11 is 0. The topological polar surface area (TPSA) is 80.9 Å². The molecule has 0 spiro atoms. The molecule has 0 aliphatic carbocycles. The zero-order valence-corrected chi connectivity index (χ0v) is 15.5. The maximum atomic E-state index is 11.9. The molecule has 7 heteroatoms. The van der Waals surface area contributed by atoms with Gasteiger partial charge in [0.05, 0.1) is 26.4 Å². The van der Waals surface area contributed by atoms with Crippen molar-refractivity contribution < 1.29 is 14.3 Å². The second-order valence-corrected chi connectivity index (χ2v) is 7.00. The third-order valence-electron chi connectivity index (χ3n) is 4.90. The molecule has 3 rings (SSSR count). The minimum atomic E-state index is -0.124. The molecule has 1 aromatic heterocycles. The summed E-state index contributed by atoms with van der Waals surface area (Å²) in [5.41, 5.74) is 8.00. The second kappa shape index (κ2) is 9.73. The van der Waals surface area contributed by atoms with Crippen LogP contribution in [0.25, 0.3) is 0 Å². The van der Waals surface area contributed by atoms with Crippen molar-refractivity contribution in [2.45, 2.75) is 32.1 Å². The predicted molar refractivity (Wildman–Crippen MR) is 101 cm³/mol. The number of nitrogens with two attached hydrogens (primary N) is 1. The monoisotopic (exact) mass is 362 g/mol. The normalized spacial score (nSPS) is 18.7. The van der Waals surface area contributed by atoms with E-state index >= 15 is 0 Å². The number of ether oxygens (including phenoxy) is 2. The quantitative estimate of drug-likeness (QED) is 0.581. The van der Waals surface area contributed by atoms with E-state index in [1.54, 1.807) is 0 Å². The van der Waals surface area contributed by atoms with E-state index in [1.165, 1.54) is 19.3 Å². The summed E-state index contributed by atoms with van der Waals surface area (Å²) in [6.07, 6.45) is 5.13. The Morgan fingerprint density at radius 1 is 1.15 bits per heavy atom. The number of esters is 1. The van der Waals surface area contributed by atoms with Gasteiger partial charge in [-0.1, -0.05) is 6.42 Å². The van der Waals surface area contributed by atoms with E-state index in [9.17, 15) is 4.79 Å². The van der Waals surface area contributed by atoms with Gasteiger partial charge in [-0.2, -0.15) is 0 Å². The lowest BCUT2D eigenvalue weighted by atomic mass is 10.1. The molecule has 2 N–H and O–H groups in total. The van der Waals surface area contributed by atoms with Gasteiger partial charge in [0.15, 0.2) is 0 Å². The molecule has 0 atom stereocenters. The number of morpholine rings is 1. The summed E-state index contributed by atoms with van der Waals surface area (Å²) in [6.45, 7) is 6.08. The van der Waals surface area contributed by atoms with E-state index in [0.717, 1.165) is 63.6 Å². The van der Waals surface area contributed by atoms with Crippen LogP contribution in [0.5, 0.6) is 0 Å². The van der Waals surface area contributed by atoms with Gasteiger partial charge in [-0.3, -0.25) is 9.69 Å². The van der Waals surface area contributed by atoms with Crippen molar-refractivity contribution in [3.8, 4) is 0 Å². The molecular weight excluding hydrogens is 332 g/mol. The summed E-state index contributed by atoms with van der Waals surface area (Å²) in [5, 5.41) is 0. The number of piperidine rings is 1. The zero-order chi connectivity index (χ0) is 18.2. The third-order valence-corrected chi connectivity index (χ3v) is 4.90. The van der Waals surface area contributed by atoms with Crippen molar-refractivity contribution in [3.05, 3.63) is 17.8 Å². The number of carbonyl (C=O) groups excluding carboxylic acids is 1. The van der Waals surface area contributed by atoms with E-state index < -0.39 is 0 Å². The number of likely N-dealkylation sites (tertiary alicyclic amines) is 1. The van der Waals surface area contributed by atoms with Gasteiger partial charge in [-0.05, 0) is 44.8 Å². The minimum absolute atomic E-state index is 0.124. The van der Waals surface area contributed by atoms with Crippen molar-refractivity contribution >= 4 is 17.5 Å². The lowest BCUT2D eigenvalue weighted by molar-refractivity contribution is -0.145. The first-order chi connectivity index (χ1) is 12.7. The van der Waals surface area contributed by atoms with E-state index in [1.807, 2.05) is 6.07 Å². The number of aromatic nitrogens is 1. The van der Waals surface area contributed by atoms with Crippen LogP contribution in [0.1, 0.15) is 31.4 Å². The summed E-state index contributed by atoms with van der Waals surface area (Å²) < 4.78 is 10.8. The molecule has 0 bridgehead atoms. The smallest absolute Gasteiger partial charge is 0.320 e. The van der Waals surface area contributed by atoms with Gasteiger partial charge in [0.2, 0.25) is 0 Å². The van der Waals surface area contributed by atoms with Crippen molar-refractivity contribution in [1.29, 1.82) is 0 Å². The Bertz CT molecular complexity index is 584. The number of nitrogen functional groups attached to an aromatic ring is 1. The molecule has 2 aliphatic rings. The minimum Gasteiger partial charge on any atom is -0.465 e. The molecule has 2 fully saturated rings. The number of anilines is 2. The first-order valence-corrected chi connectivity index (χ1v) is 9.68. The van der Waals surface area contributed by atoms with Gasteiger partial charge in [0.1, 0.15) is 5.82 Å². The standard InChI is InChI=1S/C19H30N4O3/c20-18-14-17(23-8-11-25-12-9-23)13-16(21-18)5-4-10-26-19(24)15-22-6-2-1-3-7-22/h13-14H,1-12,15H2,(H2,20,21). The second-order valence-electron chi connectivity index (χ2n) is 7.00. The number of pyridine rings is 1. The summed E-state index contributed by atoms with van der Waals surface area (Å²) in [5.74, 6) is 0.410. The largest absolute Gasteiger partial charge is 0.465 e. The molecule has 3 heterocycles. The Balaban J connectivity index is 1.41. The summed E-state index contributed by atoms with van der Waals surface area (Å²) in [7, 11) is 0. The maximum Gasteiger partial charge on any atom is 0.320 e. The number of hydrogen-bond donors (Lipinski definition) is 1. The number of hydrogen-bond acceptors (Lipinski definition) is 7. The van der Waals surface area contributed by atoms with Crippen LogP contribution < -0.4 is 10.6 Å². The van der Waals surface area contributed by atoms with Gasteiger partial charge in [-0.25, -0.2) is 4.98 Å². The number of nitrogens with zero attached hydrogens (tertiary/aromatic N) is 3. The Labute approximate surface area is 155 Å². The molecule has 0 unspecified atom stereocenters. The van der Waals surface area contributed by atoms with Gasteiger partial charge in [0, 0.05) is 30.5 Å². The highest BCUT2D eigenvalue weighted by Gasteiger charge is 2.15. The van der Waals surface area contributed by atoms with Crippen LogP contribution in [0.3, 0.4) is 0 Å².